The van der Waals surface area contributed by atoms with Crippen LogP contribution in [0.4, 0.5) is 0 Å². The van der Waals surface area contributed by atoms with E-state index in [9.17, 15) is 4.79 Å². The summed E-state index contributed by atoms with van der Waals surface area (Å²) in [4.78, 5) is 11.8. The van der Waals surface area contributed by atoms with Crippen molar-refractivity contribution in [3.05, 3.63) is 33.4 Å². The Kier molecular flexibility index (Phi) is 4.17. The van der Waals surface area contributed by atoms with E-state index < -0.39 is 0 Å². The molecule has 3 nitrogen and oxygen atoms in total. The van der Waals surface area contributed by atoms with E-state index >= 15 is 0 Å². The van der Waals surface area contributed by atoms with Crippen LogP contribution in [0.15, 0.2) is 24.3 Å². The molecule has 4 heteroatoms. The first-order valence-corrected chi connectivity index (χ1v) is 6.49. The van der Waals surface area contributed by atoms with Gasteiger partial charge in [-0.2, -0.15) is 0 Å². The van der Waals surface area contributed by atoms with Crippen LogP contribution < -0.4 is 5.32 Å². The fourth-order valence-electron chi connectivity index (χ4n) is 1.74. The number of carbonyl (C=O) groups is 1. The summed E-state index contributed by atoms with van der Waals surface area (Å²) in [6.45, 7) is 1.44. The second-order valence-electron chi connectivity index (χ2n) is 3.86. The third kappa shape index (κ3) is 3.18. The molecule has 1 atom stereocenters. The van der Waals surface area contributed by atoms with Crippen LogP contribution in [0.25, 0.3) is 0 Å². The average molecular weight is 331 g/mol. The molecular formula is C12H14INO2. The zero-order valence-electron chi connectivity index (χ0n) is 8.91. The monoisotopic (exact) mass is 331 g/mol. The molecule has 1 aliphatic heterocycles. The van der Waals surface area contributed by atoms with Crippen LogP contribution in [-0.2, 0) is 4.74 Å². The summed E-state index contributed by atoms with van der Waals surface area (Å²) in [5, 5.41) is 2.90. The predicted octanol–water partition coefficient (Wildman–Crippen LogP) is 2.20. The number of ether oxygens (including phenoxy) is 1. The van der Waals surface area contributed by atoms with Gasteiger partial charge < -0.3 is 10.1 Å². The molecule has 1 aliphatic rings. The molecule has 1 aromatic rings. The van der Waals surface area contributed by atoms with Gasteiger partial charge in [0.05, 0.1) is 6.10 Å². The fraction of sp³-hybridized carbons (Fsp3) is 0.417. The van der Waals surface area contributed by atoms with Crippen LogP contribution >= 0.6 is 22.6 Å². The number of nitrogens with one attached hydrogen (secondary N) is 1. The van der Waals surface area contributed by atoms with Crippen molar-refractivity contribution in [3.8, 4) is 0 Å². The summed E-state index contributed by atoms with van der Waals surface area (Å²) >= 11 is 2.20. The molecule has 1 amide bonds. The largest absolute Gasteiger partial charge is 0.376 e. The fourth-order valence-corrected chi connectivity index (χ4v) is 2.29. The number of carbonyl (C=O) groups excluding carboxylic acids is 1. The minimum absolute atomic E-state index is 0.0194. The third-order valence-corrected chi connectivity index (χ3v) is 3.27. The van der Waals surface area contributed by atoms with Crippen molar-refractivity contribution < 1.29 is 9.53 Å². The van der Waals surface area contributed by atoms with Crippen LogP contribution in [0.1, 0.15) is 23.2 Å². The van der Waals surface area contributed by atoms with Gasteiger partial charge in [0, 0.05) is 22.3 Å². The zero-order chi connectivity index (χ0) is 11.4. The van der Waals surface area contributed by atoms with Crippen LogP contribution in [0.5, 0.6) is 0 Å². The number of halogens is 1. The number of hydrogen-bond acceptors (Lipinski definition) is 2. The topological polar surface area (TPSA) is 38.3 Å². The molecule has 1 heterocycles. The SMILES string of the molecule is O=C(NCC1CCCO1)c1cccc(I)c1. The quantitative estimate of drug-likeness (QED) is 0.863. The Morgan fingerprint density at radius 2 is 2.44 bits per heavy atom. The van der Waals surface area contributed by atoms with Crippen molar-refractivity contribution in [3.63, 3.8) is 0 Å². The molecule has 0 aromatic heterocycles. The second kappa shape index (κ2) is 5.63. The smallest absolute Gasteiger partial charge is 0.251 e. The third-order valence-electron chi connectivity index (χ3n) is 2.60. The normalized spacial score (nSPS) is 19.7. The van der Waals surface area contributed by atoms with Gasteiger partial charge in [-0.15, -0.1) is 0 Å². The van der Waals surface area contributed by atoms with Crippen molar-refractivity contribution in [2.45, 2.75) is 18.9 Å². The van der Waals surface area contributed by atoms with E-state index in [-0.39, 0.29) is 12.0 Å². The molecule has 0 aliphatic carbocycles. The summed E-state index contributed by atoms with van der Waals surface area (Å²) < 4.78 is 6.52. The van der Waals surface area contributed by atoms with Crippen molar-refractivity contribution in [2.24, 2.45) is 0 Å². The van der Waals surface area contributed by atoms with E-state index in [0.717, 1.165) is 23.0 Å². The van der Waals surface area contributed by atoms with Crippen LogP contribution in [0.3, 0.4) is 0 Å². The lowest BCUT2D eigenvalue weighted by molar-refractivity contribution is 0.0857. The minimum Gasteiger partial charge on any atom is -0.376 e. The number of benzene rings is 1. The number of rotatable bonds is 3. The lowest BCUT2D eigenvalue weighted by Crippen LogP contribution is -2.31. The molecular weight excluding hydrogens is 317 g/mol. The lowest BCUT2D eigenvalue weighted by Gasteiger charge is -2.10. The van der Waals surface area contributed by atoms with E-state index in [1.807, 2.05) is 24.3 Å². The molecule has 1 saturated heterocycles. The molecule has 86 valence electrons. The Labute approximate surface area is 109 Å². The summed E-state index contributed by atoms with van der Waals surface area (Å²) in [6.07, 6.45) is 2.35. The molecule has 0 spiro atoms. The van der Waals surface area contributed by atoms with Gasteiger partial charge in [-0.1, -0.05) is 6.07 Å². The van der Waals surface area contributed by atoms with Gasteiger partial charge in [0.25, 0.3) is 5.91 Å². The maximum absolute atomic E-state index is 11.8. The van der Waals surface area contributed by atoms with Gasteiger partial charge in [-0.3, -0.25) is 4.79 Å². The Bertz CT molecular complexity index is 375. The summed E-state index contributed by atoms with van der Waals surface area (Å²) in [6, 6.07) is 7.57. The Morgan fingerprint density at radius 1 is 1.56 bits per heavy atom. The van der Waals surface area contributed by atoms with E-state index in [2.05, 4.69) is 27.9 Å². The maximum Gasteiger partial charge on any atom is 0.251 e. The minimum atomic E-state index is -0.0194. The first kappa shape index (κ1) is 11.9. The molecule has 2 rings (SSSR count). The zero-order valence-corrected chi connectivity index (χ0v) is 11.1. The van der Waals surface area contributed by atoms with Crippen LogP contribution in [0, 0.1) is 3.57 Å². The van der Waals surface area contributed by atoms with E-state index in [0.29, 0.717) is 12.1 Å². The van der Waals surface area contributed by atoms with Crippen molar-refractivity contribution in [1.29, 1.82) is 0 Å². The van der Waals surface area contributed by atoms with Crippen molar-refractivity contribution >= 4 is 28.5 Å². The Hall–Kier alpha value is -0.620. The van der Waals surface area contributed by atoms with Gasteiger partial charge in [0.2, 0.25) is 0 Å². The lowest BCUT2D eigenvalue weighted by atomic mass is 10.2. The maximum atomic E-state index is 11.8. The Morgan fingerprint density at radius 3 is 3.12 bits per heavy atom. The summed E-state index contributed by atoms with van der Waals surface area (Å²) in [5.74, 6) is -0.0194. The number of hydrogen-bond donors (Lipinski definition) is 1. The first-order valence-electron chi connectivity index (χ1n) is 5.41. The highest BCUT2D eigenvalue weighted by atomic mass is 127. The van der Waals surface area contributed by atoms with Crippen molar-refractivity contribution in [2.75, 3.05) is 13.2 Å². The van der Waals surface area contributed by atoms with E-state index in [1.54, 1.807) is 0 Å². The summed E-state index contributed by atoms with van der Waals surface area (Å²) in [7, 11) is 0. The second-order valence-corrected chi connectivity index (χ2v) is 5.10. The standard InChI is InChI=1S/C12H14INO2/c13-10-4-1-3-9(7-10)12(15)14-8-11-5-2-6-16-11/h1,3-4,7,11H,2,5-6,8H2,(H,14,15). The van der Waals surface area contributed by atoms with Crippen LogP contribution in [0.2, 0.25) is 0 Å². The van der Waals surface area contributed by atoms with Gasteiger partial charge >= 0.3 is 0 Å². The van der Waals surface area contributed by atoms with Crippen LogP contribution in [-0.4, -0.2) is 25.2 Å². The summed E-state index contributed by atoms with van der Waals surface area (Å²) in [5.41, 5.74) is 0.713. The van der Waals surface area contributed by atoms with E-state index in [4.69, 9.17) is 4.74 Å². The van der Waals surface area contributed by atoms with Gasteiger partial charge in [0.15, 0.2) is 0 Å². The molecule has 1 unspecified atom stereocenters. The van der Waals surface area contributed by atoms with Gasteiger partial charge in [0.1, 0.15) is 0 Å². The Balaban J connectivity index is 1.87. The molecule has 1 fully saturated rings. The molecule has 1 aromatic carbocycles. The molecule has 0 radical (unpaired) electrons. The molecule has 0 saturated carbocycles. The van der Waals surface area contributed by atoms with Gasteiger partial charge in [-0.05, 0) is 53.6 Å². The number of amides is 1. The average Bonchev–Trinajstić information content (AvgIpc) is 2.78. The highest BCUT2D eigenvalue weighted by Gasteiger charge is 2.16. The predicted molar refractivity (Wildman–Crippen MR) is 70.5 cm³/mol. The first-order chi connectivity index (χ1) is 7.75. The molecule has 1 N–H and O–H groups in total. The van der Waals surface area contributed by atoms with E-state index in [1.165, 1.54) is 0 Å². The molecule has 16 heavy (non-hydrogen) atoms. The highest BCUT2D eigenvalue weighted by molar-refractivity contribution is 14.1. The van der Waals surface area contributed by atoms with Gasteiger partial charge in [-0.25, -0.2) is 0 Å². The van der Waals surface area contributed by atoms with Crippen molar-refractivity contribution in [1.82, 2.24) is 5.32 Å². The highest BCUT2D eigenvalue weighted by Crippen LogP contribution is 2.11. The molecule has 0 bridgehead atoms.